The minimum atomic E-state index is -1.85. The van der Waals surface area contributed by atoms with Gasteiger partial charge in [-0.3, -0.25) is 4.79 Å². The molecular formula is C17H21N3O3. The van der Waals surface area contributed by atoms with Crippen molar-refractivity contribution >= 4 is 17.5 Å². The number of aromatic nitrogens is 1. The quantitative estimate of drug-likeness (QED) is 0.902. The van der Waals surface area contributed by atoms with Crippen LogP contribution in [-0.4, -0.2) is 22.7 Å². The van der Waals surface area contributed by atoms with Crippen molar-refractivity contribution in [3.05, 3.63) is 41.1 Å². The van der Waals surface area contributed by atoms with E-state index in [9.17, 15) is 9.90 Å². The number of nitrogens with two attached hydrogens (primary N) is 1. The number of fused-ring (bicyclic) bond motifs is 1. The molecule has 1 aliphatic rings. The van der Waals surface area contributed by atoms with Crippen molar-refractivity contribution in [3.63, 3.8) is 0 Å². The van der Waals surface area contributed by atoms with E-state index in [4.69, 9.17) is 10.3 Å². The first kappa shape index (κ1) is 15.6. The van der Waals surface area contributed by atoms with Crippen LogP contribution in [0.15, 0.2) is 28.8 Å². The zero-order valence-corrected chi connectivity index (χ0v) is 13.5. The monoisotopic (exact) mass is 315 g/mol. The second-order valence-corrected chi connectivity index (χ2v) is 6.37. The van der Waals surface area contributed by atoms with E-state index in [1.165, 1.54) is 0 Å². The highest BCUT2D eigenvalue weighted by Crippen LogP contribution is 2.47. The lowest BCUT2D eigenvalue weighted by atomic mass is 9.87. The number of carbonyl (C=O) groups excluding carboxylic acids is 1. The fourth-order valence-electron chi connectivity index (χ4n) is 3.11. The van der Waals surface area contributed by atoms with Gasteiger partial charge in [-0.25, -0.2) is 0 Å². The van der Waals surface area contributed by atoms with Crippen LogP contribution in [0, 0.1) is 12.8 Å². The Hall–Kier alpha value is -2.34. The van der Waals surface area contributed by atoms with Gasteiger partial charge in [0.05, 0.1) is 16.9 Å². The van der Waals surface area contributed by atoms with Crippen molar-refractivity contribution in [2.24, 2.45) is 5.92 Å². The van der Waals surface area contributed by atoms with Crippen LogP contribution in [0.3, 0.4) is 0 Å². The van der Waals surface area contributed by atoms with Crippen LogP contribution >= 0.6 is 0 Å². The van der Waals surface area contributed by atoms with Gasteiger partial charge in [0.1, 0.15) is 0 Å². The molecule has 0 fully saturated rings. The highest BCUT2D eigenvalue weighted by atomic mass is 16.5. The van der Waals surface area contributed by atoms with E-state index in [1.54, 1.807) is 24.0 Å². The lowest BCUT2D eigenvalue weighted by molar-refractivity contribution is -0.132. The molecule has 3 N–H and O–H groups in total. The van der Waals surface area contributed by atoms with Crippen LogP contribution in [0.1, 0.15) is 37.1 Å². The third-order valence-electron chi connectivity index (χ3n) is 4.32. The second-order valence-electron chi connectivity index (χ2n) is 6.37. The number of hydrogen-bond acceptors (Lipinski definition) is 5. The summed E-state index contributed by atoms with van der Waals surface area (Å²) in [6, 6.07) is 7.23. The Bertz CT molecular complexity index is 734. The number of para-hydroxylation sites is 1. The molecule has 1 amide bonds. The van der Waals surface area contributed by atoms with Crippen LogP contribution in [0.5, 0.6) is 0 Å². The van der Waals surface area contributed by atoms with E-state index in [-0.39, 0.29) is 11.4 Å². The third kappa shape index (κ3) is 2.21. The molecule has 0 saturated heterocycles. The molecule has 1 aliphatic heterocycles. The molecule has 0 aliphatic carbocycles. The van der Waals surface area contributed by atoms with Gasteiger partial charge in [0.25, 0.3) is 5.91 Å². The number of amides is 1. The van der Waals surface area contributed by atoms with Gasteiger partial charge in [-0.2, -0.15) is 0 Å². The first-order chi connectivity index (χ1) is 10.9. The maximum absolute atomic E-state index is 13.1. The molecule has 3 rings (SSSR count). The van der Waals surface area contributed by atoms with Crippen molar-refractivity contribution in [2.45, 2.75) is 32.8 Å². The average molecular weight is 315 g/mol. The number of anilines is 2. The molecule has 23 heavy (non-hydrogen) atoms. The summed E-state index contributed by atoms with van der Waals surface area (Å²) >= 11 is 0. The minimum absolute atomic E-state index is 0.0288. The average Bonchev–Trinajstić information content (AvgIpc) is 2.95. The summed E-state index contributed by atoms with van der Waals surface area (Å²) in [5, 5.41) is 15.1. The maximum Gasteiger partial charge on any atom is 0.268 e. The number of carbonyl (C=O) groups is 1. The predicted molar refractivity (Wildman–Crippen MR) is 86.9 cm³/mol. The largest absolute Gasteiger partial charge is 0.371 e. The Morgan fingerprint density at radius 1 is 1.39 bits per heavy atom. The van der Waals surface area contributed by atoms with Crippen LogP contribution in [-0.2, 0) is 10.4 Å². The van der Waals surface area contributed by atoms with E-state index < -0.39 is 11.5 Å². The molecular weight excluding hydrogens is 294 g/mol. The van der Waals surface area contributed by atoms with E-state index in [1.807, 2.05) is 12.1 Å². The highest BCUT2D eigenvalue weighted by molar-refractivity contribution is 6.09. The smallest absolute Gasteiger partial charge is 0.268 e. The van der Waals surface area contributed by atoms with Crippen molar-refractivity contribution in [1.82, 2.24) is 5.16 Å². The number of nitrogen functional groups attached to an aromatic ring is 1. The van der Waals surface area contributed by atoms with E-state index in [0.29, 0.717) is 29.4 Å². The number of rotatable bonds is 4. The molecule has 2 heterocycles. The van der Waals surface area contributed by atoms with Gasteiger partial charge in [0, 0.05) is 12.1 Å². The Balaban J connectivity index is 2.14. The normalized spacial score (nSPS) is 20.4. The summed E-state index contributed by atoms with van der Waals surface area (Å²) in [7, 11) is 0. The Morgan fingerprint density at radius 3 is 2.70 bits per heavy atom. The molecule has 2 aromatic rings. The lowest BCUT2D eigenvalue weighted by Crippen LogP contribution is -2.42. The number of benzene rings is 1. The lowest BCUT2D eigenvalue weighted by Gasteiger charge is -2.23. The summed E-state index contributed by atoms with van der Waals surface area (Å²) in [4.78, 5) is 14.7. The van der Waals surface area contributed by atoms with Crippen molar-refractivity contribution in [3.8, 4) is 0 Å². The molecule has 1 atom stereocenters. The molecule has 122 valence electrons. The Morgan fingerprint density at radius 2 is 2.09 bits per heavy atom. The van der Waals surface area contributed by atoms with E-state index >= 15 is 0 Å². The fraction of sp³-hybridized carbons (Fsp3) is 0.412. The molecule has 6 heteroatoms. The molecule has 1 aromatic carbocycles. The standard InChI is InChI=1S/C17H21N3O3/c1-10(2)8-9-20-13-7-5-4-6-12(13)17(22,16(20)21)14-11(3)19-23-15(14)18/h4-7,10,22H,8-9,18H2,1-3H3/t17-/m0/s1. The summed E-state index contributed by atoms with van der Waals surface area (Å²) in [5.74, 6) is 0.0160. The summed E-state index contributed by atoms with van der Waals surface area (Å²) in [6.45, 7) is 6.40. The van der Waals surface area contributed by atoms with Crippen LogP contribution < -0.4 is 10.6 Å². The first-order valence-electron chi connectivity index (χ1n) is 7.73. The Labute approximate surface area is 134 Å². The third-order valence-corrected chi connectivity index (χ3v) is 4.32. The first-order valence-corrected chi connectivity index (χ1v) is 7.73. The molecule has 0 saturated carbocycles. The molecule has 1 aromatic heterocycles. The van der Waals surface area contributed by atoms with Gasteiger partial charge < -0.3 is 20.3 Å². The van der Waals surface area contributed by atoms with Crippen molar-refractivity contribution < 1.29 is 14.4 Å². The maximum atomic E-state index is 13.1. The van der Waals surface area contributed by atoms with Gasteiger partial charge in [0.2, 0.25) is 11.5 Å². The Kier molecular flexibility index (Phi) is 3.64. The zero-order valence-electron chi connectivity index (χ0n) is 13.5. The molecule has 0 radical (unpaired) electrons. The number of nitrogens with zero attached hydrogens (tertiary/aromatic N) is 2. The van der Waals surface area contributed by atoms with Crippen molar-refractivity contribution in [1.29, 1.82) is 0 Å². The molecule has 0 unspecified atom stereocenters. The van der Waals surface area contributed by atoms with E-state index in [0.717, 1.165) is 6.42 Å². The summed E-state index contributed by atoms with van der Waals surface area (Å²) in [6.07, 6.45) is 0.842. The number of aryl methyl sites for hydroxylation is 1. The highest BCUT2D eigenvalue weighted by Gasteiger charge is 2.53. The number of hydrogen-bond donors (Lipinski definition) is 2. The van der Waals surface area contributed by atoms with Gasteiger partial charge in [0.15, 0.2) is 0 Å². The predicted octanol–water partition coefficient (Wildman–Crippen LogP) is 2.19. The summed E-state index contributed by atoms with van der Waals surface area (Å²) in [5.41, 5.74) is 5.87. The molecule has 6 nitrogen and oxygen atoms in total. The van der Waals surface area contributed by atoms with Crippen LogP contribution in [0.2, 0.25) is 0 Å². The zero-order chi connectivity index (χ0) is 16.8. The van der Waals surface area contributed by atoms with Gasteiger partial charge in [-0.15, -0.1) is 0 Å². The molecule has 0 bridgehead atoms. The number of aliphatic hydroxyl groups is 1. The minimum Gasteiger partial charge on any atom is -0.371 e. The van der Waals surface area contributed by atoms with Gasteiger partial charge in [-0.1, -0.05) is 37.2 Å². The fourth-order valence-corrected chi connectivity index (χ4v) is 3.11. The topological polar surface area (TPSA) is 92.6 Å². The van der Waals surface area contributed by atoms with Crippen LogP contribution in [0.4, 0.5) is 11.6 Å². The van der Waals surface area contributed by atoms with Gasteiger partial charge in [-0.05, 0) is 25.3 Å². The molecule has 0 spiro atoms. The summed E-state index contributed by atoms with van der Waals surface area (Å²) < 4.78 is 4.97. The van der Waals surface area contributed by atoms with Gasteiger partial charge >= 0.3 is 0 Å². The van der Waals surface area contributed by atoms with E-state index in [2.05, 4.69) is 19.0 Å². The second kappa shape index (κ2) is 5.38. The van der Waals surface area contributed by atoms with Crippen molar-refractivity contribution in [2.75, 3.05) is 17.2 Å². The van der Waals surface area contributed by atoms with Crippen LogP contribution in [0.25, 0.3) is 0 Å². The SMILES string of the molecule is Cc1noc(N)c1[C@]1(O)C(=O)N(CCC(C)C)c2ccccc21.